The number of aryl methyl sites for hydroxylation is 1. The summed E-state index contributed by atoms with van der Waals surface area (Å²) in [5.74, 6) is 2.09. The molecule has 0 aliphatic carbocycles. The van der Waals surface area contributed by atoms with Crippen molar-refractivity contribution in [3.63, 3.8) is 0 Å². The van der Waals surface area contributed by atoms with E-state index in [9.17, 15) is 0 Å². The van der Waals surface area contributed by atoms with Gasteiger partial charge in [0.05, 0.1) is 0 Å². The van der Waals surface area contributed by atoms with Crippen molar-refractivity contribution >= 4 is 7.05 Å². The molecular weight excluding hydrogens is 133 g/mol. The van der Waals surface area contributed by atoms with Crippen molar-refractivity contribution < 1.29 is 0 Å². The summed E-state index contributed by atoms with van der Waals surface area (Å²) in [7, 11) is 1.86. The van der Waals surface area contributed by atoms with Crippen LogP contribution in [-0.4, -0.2) is 11.9 Å². The fraction of sp³-hybridized carbons (Fsp3) is 0.556. The first kappa shape index (κ1) is 8.44. The second-order valence-electron chi connectivity index (χ2n) is 2.81. The molecular formula is C9H14BN. The predicted molar refractivity (Wildman–Crippen MR) is 48.8 cm³/mol. The van der Waals surface area contributed by atoms with Gasteiger partial charge in [0.2, 0.25) is 0 Å². The summed E-state index contributed by atoms with van der Waals surface area (Å²) in [5.41, 5.74) is 1.41. The number of nitrogens with zero attached hydrogens (tertiary/aromatic N) is 1. The molecule has 1 heterocycles. The summed E-state index contributed by atoms with van der Waals surface area (Å²) in [5, 5.41) is 0. The molecule has 11 heavy (non-hydrogen) atoms. The van der Waals surface area contributed by atoms with Crippen LogP contribution in [0.25, 0.3) is 0 Å². The Morgan fingerprint density at radius 1 is 1.45 bits per heavy atom. The van der Waals surface area contributed by atoms with Crippen molar-refractivity contribution in [2.24, 2.45) is 0 Å². The SMILES string of the molecule is CCCCCc1cbncc1. The minimum absolute atomic E-state index is 1.20. The van der Waals surface area contributed by atoms with Gasteiger partial charge in [0.1, 0.15) is 0 Å². The molecule has 0 saturated heterocycles. The Labute approximate surface area is 69.1 Å². The Balaban J connectivity index is 2.28. The van der Waals surface area contributed by atoms with Gasteiger partial charge in [0.15, 0.2) is 0 Å². The van der Waals surface area contributed by atoms with Gasteiger partial charge < -0.3 is 0 Å². The monoisotopic (exact) mass is 147 g/mol. The van der Waals surface area contributed by atoms with Gasteiger partial charge in [-0.2, -0.15) is 0 Å². The Morgan fingerprint density at radius 2 is 2.36 bits per heavy atom. The third kappa shape index (κ3) is 3.31. The fourth-order valence-electron chi connectivity index (χ4n) is 1.13. The van der Waals surface area contributed by atoms with Crippen LogP contribution in [0.2, 0.25) is 0 Å². The molecule has 0 bridgehead atoms. The second-order valence-corrected chi connectivity index (χ2v) is 2.81. The predicted octanol–water partition coefficient (Wildman–Crippen LogP) is 2.15. The molecule has 0 aromatic carbocycles. The molecule has 0 unspecified atom stereocenters. The minimum atomic E-state index is 1.20. The van der Waals surface area contributed by atoms with Crippen LogP contribution in [0, 0.1) is 0 Å². The number of rotatable bonds is 4. The Bertz CT molecular complexity index is 186. The average molecular weight is 147 g/mol. The van der Waals surface area contributed by atoms with E-state index in [1.165, 1.54) is 31.2 Å². The Hall–Kier alpha value is -0.655. The molecule has 0 aliphatic rings. The zero-order chi connectivity index (χ0) is 7.94. The first-order chi connectivity index (χ1) is 5.43. The molecule has 58 valence electrons. The van der Waals surface area contributed by atoms with Crippen LogP contribution in [0.1, 0.15) is 31.7 Å². The third-order valence-corrected chi connectivity index (χ3v) is 1.82. The van der Waals surface area contributed by atoms with Crippen molar-refractivity contribution in [2.75, 3.05) is 0 Å². The molecule has 0 spiro atoms. The molecule has 1 aromatic rings. The summed E-state index contributed by atoms with van der Waals surface area (Å²) in [6.07, 6.45) is 7.01. The quantitative estimate of drug-likeness (QED) is 0.594. The molecule has 0 fully saturated rings. The van der Waals surface area contributed by atoms with Crippen LogP contribution < -0.4 is 0 Å². The number of hydrogen-bond donors (Lipinski definition) is 0. The van der Waals surface area contributed by atoms with Crippen molar-refractivity contribution in [1.29, 1.82) is 0 Å². The summed E-state index contributed by atoms with van der Waals surface area (Å²) < 4.78 is 0. The van der Waals surface area contributed by atoms with Gasteiger partial charge >= 0.3 is 68.3 Å². The van der Waals surface area contributed by atoms with Crippen molar-refractivity contribution in [2.45, 2.75) is 32.6 Å². The topological polar surface area (TPSA) is 12.9 Å². The van der Waals surface area contributed by atoms with Crippen molar-refractivity contribution in [3.05, 3.63) is 23.8 Å². The summed E-state index contributed by atoms with van der Waals surface area (Å²) >= 11 is 0. The van der Waals surface area contributed by atoms with Crippen LogP contribution >= 0.6 is 0 Å². The van der Waals surface area contributed by atoms with E-state index in [0.717, 1.165) is 0 Å². The fourth-order valence-corrected chi connectivity index (χ4v) is 1.13. The summed E-state index contributed by atoms with van der Waals surface area (Å²) in [6, 6.07) is 2.09. The van der Waals surface area contributed by atoms with E-state index in [1.54, 1.807) is 0 Å². The van der Waals surface area contributed by atoms with E-state index in [-0.39, 0.29) is 0 Å². The van der Waals surface area contributed by atoms with E-state index in [0.29, 0.717) is 0 Å². The van der Waals surface area contributed by atoms with Gasteiger partial charge in [0, 0.05) is 0 Å². The van der Waals surface area contributed by atoms with E-state index in [4.69, 9.17) is 0 Å². The summed E-state index contributed by atoms with van der Waals surface area (Å²) in [4.78, 5) is 3.97. The number of aromatic nitrogens is 1. The van der Waals surface area contributed by atoms with Crippen LogP contribution in [0.4, 0.5) is 0 Å². The average Bonchev–Trinajstić information content (AvgIpc) is 2.07. The molecule has 0 atom stereocenters. The molecule has 2 heteroatoms. The molecule has 1 nitrogen and oxygen atoms in total. The van der Waals surface area contributed by atoms with E-state index >= 15 is 0 Å². The number of unbranched alkanes of at least 4 members (excludes halogenated alkanes) is 2. The summed E-state index contributed by atoms with van der Waals surface area (Å²) in [6.45, 7) is 2.23. The normalized spacial score (nSPS) is 9.55. The van der Waals surface area contributed by atoms with Crippen LogP contribution in [0.5, 0.6) is 0 Å². The molecule has 0 aliphatic heterocycles. The molecule has 0 radical (unpaired) electrons. The molecule has 1 aromatic heterocycles. The van der Waals surface area contributed by atoms with Crippen LogP contribution in [0.3, 0.4) is 0 Å². The molecule has 0 N–H and O–H groups in total. The van der Waals surface area contributed by atoms with Gasteiger partial charge in [-0.25, -0.2) is 0 Å². The van der Waals surface area contributed by atoms with E-state index in [2.05, 4.69) is 23.8 Å². The Kier molecular flexibility index (Phi) is 3.88. The Morgan fingerprint density at radius 3 is 3.00 bits per heavy atom. The van der Waals surface area contributed by atoms with Crippen molar-refractivity contribution in [3.8, 4) is 0 Å². The number of hydrogen-bond acceptors (Lipinski definition) is 1. The van der Waals surface area contributed by atoms with Crippen LogP contribution in [0.15, 0.2) is 18.2 Å². The van der Waals surface area contributed by atoms with E-state index in [1.807, 2.05) is 13.2 Å². The first-order valence-corrected chi connectivity index (χ1v) is 4.32. The zero-order valence-corrected chi connectivity index (χ0v) is 7.09. The first-order valence-electron chi connectivity index (χ1n) is 4.32. The third-order valence-electron chi connectivity index (χ3n) is 1.82. The van der Waals surface area contributed by atoms with E-state index < -0.39 is 0 Å². The van der Waals surface area contributed by atoms with Gasteiger partial charge in [-0.05, 0) is 0 Å². The second kappa shape index (κ2) is 5.06. The van der Waals surface area contributed by atoms with Gasteiger partial charge in [-0.1, -0.05) is 0 Å². The maximum atomic E-state index is 3.97. The molecule has 1 rings (SSSR count). The van der Waals surface area contributed by atoms with Gasteiger partial charge in [0.25, 0.3) is 0 Å². The standard InChI is InChI=1S/C9H14BN/c1-2-3-4-5-9-6-7-11-10-8-9/h6-8H,2-5H2,1H3. The van der Waals surface area contributed by atoms with Gasteiger partial charge in [-0.15, -0.1) is 0 Å². The van der Waals surface area contributed by atoms with Gasteiger partial charge in [-0.3, -0.25) is 0 Å². The molecule has 0 saturated carbocycles. The van der Waals surface area contributed by atoms with Crippen molar-refractivity contribution in [1.82, 2.24) is 4.89 Å². The molecule has 0 amide bonds. The maximum absolute atomic E-state index is 3.97. The van der Waals surface area contributed by atoms with Crippen LogP contribution in [-0.2, 0) is 6.42 Å². The zero-order valence-electron chi connectivity index (χ0n) is 7.09.